The first-order valence-corrected chi connectivity index (χ1v) is 10.6. The molecule has 3 aromatic heterocycles. The molecule has 9 heteroatoms. The largest absolute Gasteiger partial charge is 0.493 e. The van der Waals surface area contributed by atoms with Crippen LogP contribution in [0.5, 0.6) is 5.88 Å². The predicted molar refractivity (Wildman–Crippen MR) is 125 cm³/mol. The summed E-state index contributed by atoms with van der Waals surface area (Å²) in [6.45, 7) is 4.18. The van der Waals surface area contributed by atoms with E-state index in [1.165, 1.54) is 6.20 Å². The molecule has 1 fully saturated rings. The molecule has 1 saturated heterocycles. The standard InChI is InChI=1S/C18H20N4O2.C6H6N2O/c1-12-7-18(23)20-16-4-3-14(8-15(12)16)22-5-6-24-11-17(22)13-9-19-21(2)10-13;7-6(9)5-2-1-3-8-4-5/h3-4,7-10,17H,5-6,11H2,1-2H3,(H,20,23);1-4H,(H2,7,9). The van der Waals surface area contributed by atoms with Crippen LogP contribution in [0.25, 0.3) is 10.9 Å². The molecule has 1 amide bonds. The molecule has 1 aromatic carbocycles. The van der Waals surface area contributed by atoms with Gasteiger partial charge in [0.05, 0.1) is 36.5 Å². The number of fused-ring (bicyclic) bond motifs is 1. The Labute approximate surface area is 191 Å². The van der Waals surface area contributed by atoms with Crippen LogP contribution in [0, 0.1) is 6.92 Å². The highest BCUT2D eigenvalue weighted by Crippen LogP contribution is 2.32. The molecule has 0 radical (unpaired) electrons. The van der Waals surface area contributed by atoms with E-state index in [0.29, 0.717) is 18.8 Å². The molecule has 33 heavy (non-hydrogen) atoms. The fourth-order valence-corrected chi connectivity index (χ4v) is 3.85. The van der Waals surface area contributed by atoms with Gasteiger partial charge in [0.15, 0.2) is 0 Å². The number of anilines is 1. The molecule has 0 aliphatic carbocycles. The van der Waals surface area contributed by atoms with Crippen molar-refractivity contribution in [2.24, 2.45) is 12.8 Å². The Balaban J connectivity index is 0.000000243. The molecule has 0 spiro atoms. The van der Waals surface area contributed by atoms with Crippen LogP contribution < -0.4 is 10.6 Å². The number of aryl methyl sites for hydroxylation is 2. The number of rotatable bonds is 3. The highest BCUT2D eigenvalue weighted by atomic mass is 16.5. The predicted octanol–water partition coefficient (Wildman–Crippen LogP) is 2.74. The first-order valence-electron chi connectivity index (χ1n) is 10.6. The number of carbonyl (C=O) groups excluding carboxylic acids is 1. The van der Waals surface area contributed by atoms with Gasteiger partial charge >= 0.3 is 0 Å². The van der Waals surface area contributed by atoms with Crippen LogP contribution >= 0.6 is 0 Å². The number of benzene rings is 1. The summed E-state index contributed by atoms with van der Waals surface area (Å²) >= 11 is 0. The molecule has 170 valence electrons. The Hall–Kier alpha value is -3.98. The third-order valence-corrected chi connectivity index (χ3v) is 5.50. The molecule has 0 bridgehead atoms. The van der Waals surface area contributed by atoms with E-state index in [2.05, 4.69) is 32.1 Å². The molecule has 0 saturated carbocycles. The average molecular weight is 447 g/mol. The van der Waals surface area contributed by atoms with Gasteiger partial charge in [-0.3, -0.25) is 14.5 Å². The summed E-state index contributed by atoms with van der Waals surface area (Å²) in [5.74, 6) is -0.379. The molecule has 9 nitrogen and oxygen atoms in total. The van der Waals surface area contributed by atoms with Crippen molar-refractivity contribution < 1.29 is 14.6 Å². The Kier molecular flexibility index (Phi) is 6.50. The van der Waals surface area contributed by atoms with E-state index in [-0.39, 0.29) is 11.9 Å². The van der Waals surface area contributed by atoms with Crippen molar-refractivity contribution in [3.05, 3.63) is 77.9 Å². The van der Waals surface area contributed by atoms with Gasteiger partial charge in [0.2, 0.25) is 11.8 Å². The van der Waals surface area contributed by atoms with Crippen LogP contribution in [-0.2, 0) is 11.8 Å². The van der Waals surface area contributed by atoms with Gasteiger partial charge in [0, 0.05) is 54.9 Å². The van der Waals surface area contributed by atoms with E-state index < -0.39 is 5.91 Å². The van der Waals surface area contributed by atoms with Crippen molar-refractivity contribution in [3.8, 4) is 5.88 Å². The maximum atomic E-state index is 10.4. The summed E-state index contributed by atoms with van der Waals surface area (Å²) in [7, 11) is 1.93. The Morgan fingerprint density at radius 2 is 2.09 bits per heavy atom. The molecule has 1 atom stereocenters. The molecule has 3 N–H and O–H groups in total. The number of nitrogens with two attached hydrogens (primary N) is 1. The molecular formula is C24H26N6O3. The van der Waals surface area contributed by atoms with Crippen molar-refractivity contribution >= 4 is 22.5 Å². The van der Waals surface area contributed by atoms with E-state index in [1.807, 2.05) is 37.1 Å². The minimum Gasteiger partial charge on any atom is -0.493 e. The number of pyridine rings is 2. The molecule has 1 aliphatic rings. The Bertz CT molecular complexity index is 1260. The van der Waals surface area contributed by atoms with Gasteiger partial charge in [-0.05, 0) is 42.8 Å². The zero-order valence-corrected chi connectivity index (χ0v) is 18.5. The van der Waals surface area contributed by atoms with Crippen LogP contribution in [0.3, 0.4) is 0 Å². The number of amides is 1. The second-order valence-corrected chi connectivity index (χ2v) is 7.84. The SMILES string of the molecule is Cc1cc(O)nc2ccc(N3CCOCC3c3cnn(C)c3)cc12.NC(=O)c1cccnc1. The van der Waals surface area contributed by atoms with Gasteiger partial charge in [-0.15, -0.1) is 0 Å². The minimum atomic E-state index is -0.442. The quantitative estimate of drug-likeness (QED) is 0.497. The second-order valence-electron chi connectivity index (χ2n) is 7.84. The lowest BCUT2D eigenvalue weighted by molar-refractivity contribution is 0.0941. The van der Waals surface area contributed by atoms with E-state index in [9.17, 15) is 9.90 Å². The Morgan fingerprint density at radius 1 is 1.24 bits per heavy atom. The van der Waals surface area contributed by atoms with Crippen molar-refractivity contribution in [3.63, 3.8) is 0 Å². The van der Waals surface area contributed by atoms with Gasteiger partial charge in [0.1, 0.15) is 0 Å². The maximum absolute atomic E-state index is 10.4. The summed E-state index contributed by atoms with van der Waals surface area (Å²) in [4.78, 5) is 20.6. The number of aromatic nitrogens is 4. The number of carbonyl (C=O) groups is 1. The normalized spacial score (nSPS) is 15.7. The lowest BCUT2D eigenvalue weighted by Gasteiger charge is -2.37. The van der Waals surface area contributed by atoms with Crippen LogP contribution in [0.2, 0.25) is 0 Å². The van der Waals surface area contributed by atoms with Crippen LogP contribution in [0.4, 0.5) is 5.69 Å². The summed E-state index contributed by atoms with van der Waals surface area (Å²) in [5, 5.41) is 15.0. The molecule has 4 aromatic rings. The van der Waals surface area contributed by atoms with Gasteiger partial charge in [-0.1, -0.05) is 0 Å². The van der Waals surface area contributed by atoms with Gasteiger partial charge in [-0.2, -0.15) is 5.10 Å². The van der Waals surface area contributed by atoms with Crippen LogP contribution in [0.1, 0.15) is 27.5 Å². The number of hydrogen-bond acceptors (Lipinski definition) is 7. The van der Waals surface area contributed by atoms with Crippen molar-refractivity contribution in [1.82, 2.24) is 19.7 Å². The molecule has 1 unspecified atom stereocenters. The van der Waals surface area contributed by atoms with Crippen molar-refractivity contribution in [1.29, 1.82) is 0 Å². The molecule has 4 heterocycles. The Morgan fingerprint density at radius 3 is 2.76 bits per heavy atom. The summed E-state index contributed by atoms with van der Waals surface area (Å²) in [5.41, 5.74) is 9.49. The number of nitrogens with zero attached hydrogens (tertiary/aromatic N) is 5. The van der Waals surface area contributed by atoms with Crippen LogP contribution in [-0.4, -0.2) is 50.5 Å². The van der Waals surface area contributed by atoms with Gasteiger partial charge < -0.3 is 20.5 Å². The maximum Gasteiger partial charge on any atom is 0.250 e. The summed E-state index contributed by atoms with van der Waals surface area (Å²) in [6, 6.07) is 11.3. The number of aromatic hydroxyl groups is 1. The monoisotopic (exact) mass is 446 g/mol. The highest BCUT2D eigenvalue weighted by Gasteiger charge is 2.26. The zero-order valence-electron chi connectivity index (χ0n) is 18.5. The van der Waals surface area contributed by atoms with Crippen molar-refractivity contribution in [2.45, 2.75) is 13.0 Å². The van der Waals surface area contributed by atoms with E-state index in [4.69, 9.17) is 10.5 Å². The number of hydrogen-bond donors (Lipinski definition) is 2. The topological polar surface area (TPSA) is 119 Å². The van der Waals surface area contributed by atoms with E-state index >= 15 is 0 Å². The minimum absolute atomic E-state index is 0.0624. The third kappa shape index (κ3) is 5.09. The first kappa shape index (κ1) is 22.2. The number of primary amides is 1. The molecule has 5 rings (SSSR count). The fraction of sp³-hybridized carbons (Fsp3) is 0.250. The molecule has 1 aliphatic heterocycles. The number of morpholine rings is 1. The smallest absolute Gasteiger partial charge is 0.250 e. The van der Waals surface area contributed by atoms with Gasteiger partial charge in [-0.25, -0.2) is 4.98 Å². The highest BCUT2D eigenvalue weighted by molar-refractivity contribution is 5.92. The zero-order chi connectivity index (χ0) is 23.4. The van der Waals surface area contributed by atoms with Crippen LogP contribution in [0.15, 0.2) is 61.2 Å². The van der Waals surface area contributed by atoms with E-state index in [0.717, 1.165) is 34.3 Å². The summed E-state index contributed by atoms with van der Waals surface area (Å²) < 4.78 is 7.52. The fourth-order valence-electron chi connectivity index (χ4n) is 3.85. The lowest BCUT2D eigenvalue weighted by Crippen LogP contribution is -2.39. The number of ether oxygens (including phenoxy) is 1. The molecular weight excluding hydrogens is 420 g/mol. The van der Waals surface area contributed by atoms with E-state index in [1.54, 1.807) is 24.4 Å². The van der Waals surface area contributed by atoms with Gasteiger partial charge in [0.25, 0.3) is 0 Å². The first-order chi connectivity index (χ1) is 15.9. The third-order valence-electron chi connectivity index (χ3n) is 5.50. The summed E-state index contributed by atoms with van der Waals surface area (Å²) in [6.07, 6.45) is 6.96. The average Bonchev–Trinajstić information content (AvgIpc) is 3.26. The second kappa shape index (κ2) is 9.66. The lowest BCUT2D eigenvalue weighted by atomic mass is 10.1. The van der Waals surface area contributed by atoms with Crippen molar-refractivity contribution in [2.75, 3.05) is 24.7 Å².